The number of aryl methyl sites for hydroxylation is 2. The van der Waals surface area contributed by atoms with Crippen LogP contribution in [0.5, 0.6) is 0 Å². The minimum Gasteiger partial charge on any atom is -0.478 e. The van der Waals surface area contributed by atoms with Crippen molar-refractivity contribution < 1.29 is 14.7 Å². The van der Waals surface area contributed by atoms with Crippen LogP contribution in [0.1, 0.15) is 39.0 Å². The molecule has 0 atom stereocenters. The van der Waals surface area contributed by atoms with E-state index >= 15 is 0 Å². The number of rotatable bonds is 2. The topological polar surface area (TPSA) is 70.2 Å². The molecule has 2 N–H and O–H groups in total. The van der Waals surface area contributed by atoms with Crippen molar-refractivity contribution in [2.45, 2.75) is 20.8 Å². The van der Waals surface area contributed by atoms with E-state index in [9.17, 15) is 9.59 Å². The van der Waals surface area contributed by atoms with Crippen molar-refractivity contribution in [3.8, 4) is 0 Å². The van der Waals surface area contributed by atoms with E-state index in [0.717, 1.165) is 0 Å². The first-order valence-corrected chi connectivity index (χ1v) is 3.88. The molecule has 0 saturated heterocycles. The Morgan fingerprint density at radius 1 is 1.15 bits per heavy atom. The minimum absolute atomic E-state index is 0.0880. The van der Waals surface area contributed by atoms with Gasteiger partial charge < -0.3 is 10.1 Å². The van der Waals surface area contributed by atoms with Crippen molar-refractivity contribution in [3.63, 3.8) is 0 Å². The molecule has 0 aromatic carbocycles. The molecule has 0 saturated carbocycles. The molecule has 1 rings (SSSR count). The molecule has 0 unspecified atom stereocenters. The van der Waals surface area contributed by atoms with Gasteiger partial charge in [0.25, 0.3) is 0 Å². The highest BCUT2D eigenvalue weighted by atomic mass is 16.4. The molecular formula is C9H11NO3. The highest BCUT2D eigenvalue weighted by Gasteiger charge is 2.20. The van der Waals surface area contributed by atoms with Crippen LogP contribution >= 0.6 is 0 Å². The monoisotopic (exact) mass is 181 g/mol. The molecule has 70 valence electrons. The first kappa shape index (κ1) is 9.51. The van der Waals surface area contributed by atoms with Crippen LogP contribution in [0.2, 0.25) is 0 Å². The largest absolute Gasteiger partial charge is 0.478 e. The summed E-state index contributed by atoms with van der Waals surface area (Å²) in [6.45, 7) is 4.70. The van der Waals surface area contributed by atoms with Crippen molar-refractivity contribution in [2.24, 2.45) is 0 Å². The van der Waals surface area contributed by atoms with Gasteiger partial charge in [-0.25, -0.2) is 4.79 Å². The van der Waals surface area contributed by atoms with Gasteiger partial charge in [-0.3, -0.25) is 4.79 Å². The molecule has 4 nitrogen and oxygen atoms in total. The zero-order valence-corrected chi connectivity index (χ0v) is 7.76. The number of aromatic carboxylic acids is 1. The van der Waals surface area contributed by atoms with E-state index in [1.54, 1.807) is 13.8 Å². The highest BCUT2D eigenvalue weighted by Crippen LogP contribution is 2.18. The van der Waals surface area contributed by atoms with E-state index in [4.69, 9.17) is 5.11 Å². The lowest BCUT2D eigenvalue weighted by molar-refractivity contribution is 0.0692. The van der Waals surface area contributed by atoms with Crippen LogP contribution in [-0.2, 0) is 0 Å². The van der Waals surface area contributed by atoms with Gasteiger partial charge in [0.2, 0.25) is 0 Å². The maximum Gasteiger partial charge on any atom is 0.338 e. The fraction of sp³-hybridized carbons (Fsp3) is 0.333. The number of ketones is 1. The van der Waals surface area contributed by atoms with E-state index in [1.807, 2.05) is 0 Å². The summed E-state index contributed by atoms with van der Waals surface area (Å²) in [5.74, 6) is -1.29. The molecule has 13 heavy (non-hydrogen) atoms. The molecule has 0 radical (unpaired) electrons. The third-order valence-corrected chi connectivity index (χ3v) is 1.94. The summed E-state index contributed by atoms with van der Waals surface area (Å²) in [4.78, 5) is 24.7. The molecule has 0 bridgehead atoms. The average molecular weight is 181 g/mol. The van der Waals surface area contributed by atoms with Crippen LogP contribution in [0, 0.1) is 13.8 Å². The Kier molecular flexibility index (Phi) is 2.23. The molecule has 0 amide bonds. The fourth-order valence-corrected chi connectivity index (χ4v) is 1.49. The van der Waals surface area contributed by atoms with Gasteiger partial charge in [0.15, 0.2) is 5.78 Å². The number of nitrogens with one attached hydrogen (secondary N) is 1. The summed E-state index contributed by atoms with van der Waals surface area (Å²) in [5.41, 5.74) is 1.51. The number of hydrogen-bond donors (Lipinski definition) is 2. The number of hydrogen-bond acceptors (Lipinski definition) is 2. The molecule has 0 aliphatic heterocycles. The van der Waals surface area contributed by atoms with Gasteiger partial charge in [-0.2, -0.15) is 0 Å². The van der Waals surface area contributed by atoms with Gasteiger partial charge in [0.1, 0.15) is 0 Å². The SMILES string of the molecule is CC(=O)c1c(C)[nH]c(C)c1C(=O)O. The standard InChI is InChI=1S/C9H11NO3/c1-4-7(6(3)11)8(9(12)13)5(2)10-4/h10H,1-3H3,(H,12,13). The Balaban J connectivity index is 3.47. The van der Waals surface area contributed by atoms with Gasteiger partial charge in [-0.1, -0.05) is 0 Å². The van der Waals surface area contributed by atoms with Gasteiger partial charge in [-0.05, 0) is 20.8 Å². The summed E-state index contributed by atoms with van der Waals surface area (Å²) in [6.07, 6.45) is 0. The van der Waals surface area contributed by atoms with Gasteiger partial charge in [-0.15, -0.1) is 0 Å². The zero-order valence-electron chi connectivity index (χ0n) is 7.76. The molecule has 0 fully saturated rings. The minimum atomic E-state index is -1.06. The quantitative estimate of drug-likeness (QED) is 0.680. The van der Waals surface area contributed by atoms with Crippen molar-refractivity contribution in [1.82, 2.24) is 4.98 Å². The molecular weight excluding hydrogens is 170 g/mol. The Bertz CT molecular complexity index is 342. The van der Waals surface area contributed by atoms with E-state index in [-0.39, 0.29) is 16.9 Å². The molecule has 0 aliphatic rings. The summed E-state index contributed by atoms with van der Waals surface area (Å²) in [6, 6.07) is 0. The lowest BCUT2D eigenvalue weighted by Gasteiger charge is -1.96. The van der Waals surface area contributed by atoms with E-state index in [2.05, 4.69) is 4.98 Å². The maximum absolute atomic E-state index is 11.1. The predicted molar refractivity (Wildman–Crippen MR) is 47.2 cm³/mol. The summed E-state index contributed by atoms with van der Waals surface area (Å²) < 4.78 is 0. The van der Waals surface area contributed by atoms with Crippen LogP contribution in [0.4, 0.5) is 0 Å². The first-order valence-electron chi connectivity index (χ1n) is 3.88. The van der Waals surface area contributed by atoms with Crippen LogP contribution in [-0.4, -0.2) is 21.8 Å². The molecule has 0 aliphatic carbocycles. The van der Waals surface area contributed by atoms with Gasteiger partial charge >= 0.3 is 5.97 Å². The maximum atomic E-state index is 11.1. The number of Topliss-reactive ketones (excluding diaryl/α,β-unsaturated/α-hetero) is 1. The molecule has 1 heterocycles. The van der Waals surface area contributed by atoms with Crippen LogP contribution in [0.3, 0.4) is 0 Å². The average Bonchev–Trinajstić information content (AvgIpc) is 2.24. The van der Waals surface area contributed by atoms with E-state index < -0.39 is 5.97 Å². The fourth-order valence-electron chi connectivity index (χ4n) is 1.49. The van der Waals surface area contributed by atoms with E-state index in [1.165, 1.54) is 6.92 Å². The Labute approximate surface area is 75.6 Å². The second-order valence-corrected chi connectivity index (χ2v) is 2.99. The molecule has 0 spiro atoms. The molecule has 1 aromatic heterocycles. The van der Waals surface area contributed by atoms with Crippen LogP contribution < -0.4 is 0 Å². The number of carbonyl (C=O) groups is 2. The van der Waals surface area contributed by atoms with Crippen LogP contribution in [0.25, 0.3) is 0 Å². The predicted octanol–water partition coefficient (Wildman–Crippen LogP) is 1.53. The normalized spacial score (nSPS) is 10.1. The van der Waals surface area contributed by atoms with E-state index in [0.29, 0.717) is 11.4 Å². The van der Waals surface area contributed by atoms with Crippen molar-refractivity contribution >= 4 is 11.8 Å². The molecule has 4 heteroatoms. The summed E-state index contributed by atoms with van der Waals surface area (Å²) in [7, 11) is 0. The third-order valence-electron chi connectivity index (χ3n) is 1.94. The first-order chi connectivity index (χ1) is 5.95. The van der Waals surface area contributed by atoms with Crippen LogP contribution in [0.15, 0.2) is 0 Å². The zero-order chi connectivity index (χ0) is 10.2. The van der Waals surface area contributed by atoms with Gasteiger partial charge in [0, 0.05) is 11.4 Å². The smallest absolute Gasteiger partial charge is 0.338 e. The second-order valence-electron chi connectivity index (χ2n) is 2.99. The summed E-state index contributed by atoms with van der Waals surface area (Å²) in [5, 5.41) is 8.84. The third kappa shape index (κ3) is 1.47. The molecule has 1 aromatic rings. The number of H-pyrrole nitrogens is 1. The van der Waals surface area contributed by atoms with Crippen molar-refractivity contribution in [3.05, 3.63) is 22.5 Å². The Morgan fingerprint density at radius 2 is 1.62 bits per heavy atom. The Morgan fingerprint density at radius 3 is 1.92 bits per heavy atom. The van der Waals surface area contributed by atoms with Crippen molar-refractivity contribution in [2.75, 3.05) is 0 Å². The number of aromatic nitrogens is 1. The van der Waals surface area contributed by atoms with Gasteiger partial charge in [0.05, 0.1) is 11.1 Å². The summed E-state index contributed by atoms with van der Waals surface area (Å²) >= 11 is 0. The Hall–Kier alpha value is -1.58. The number of carboxylic acid groups (broad SMARTS) is 1. The lowest BCUT2D eigenvalue weighted by atomic mass is 10.1. The second kappa shape index (κ2) is 3.05. The highest BCUT2D eigenvalue weighted by molar-refractivity contribution is 6.06. The number of carboxylic acids is 1. The number of aromatic amines is 1. The van der Waals surface area contributed by atoms with Crippen molar-refractivity contribution in [1.29, 1.82) is 0 Å². The number of carbonyl (C=O) groups excluding carboxylic acids is 1. The lowest BCUT2D eigenvalue weighted by Crippen LogP contribution is -2.05.